The van der Waals surface area contributed by atoms with Crippen LogP contribution in [0.4, 0.5) is 4.39 Å². The number of aromatic amines is 1. The molecule has 5 heteroatoms. The topological polar surface area (TPSA) is 36.1 Å². The average molecular weight is 467 g/mol. The lowest BCUT2D eigenvalue weighted by Gasteiger charge is -2.27. The number of halogens is 2. The van der Waals surface area contributed by atoms with Crippen LogP contribution in [0, 0.1) is 5.82 Å². The number of benzene rings is 4. The van der Waals surface area contributed by atoms with Gasteiger partial charge in [0.2, 0.25) is 0 Å². The number of carbonyl (C=O) groups is 1. The predicted octanol–water partition coefficient (Wildman–Crippen LogP) is 7.37. The zero-order valence-corrected chi connectivity index (χ0v) is 18.9. The molecule has 5 aromatic rings. The standard InChI is InChI=1S/C29H20ClFN2O/c30-20-13-11-19(12-14-20)27-26(24-7-3-4-8-25(24)32-27)28-22-5-1-2-6-23(22)29(34)33(28)17-18-9-15-21(31)16-10-18/h1-16,28,32H,17H2/t28-/m0/s1. The molecular formula is C29H20ClFN2O. The van der Waals surface area contributed by atoms with E-state index < -0.39 is 0 Å². The van der Waals surface area contributed by atoms with Gasteiger partial charge in [-0.05, 0) is 53.1 Å². The third kappa shape index (κ3) is 3.39. The quantitative estimate of drug-likeness (QED) is 0.295. The molecule has 0 radical (unpaired) electrons. The fourth-order valence-electron chi connectivity index (χ4n) is 4.92. The Morgan fingerprint density at radius 2 is 1.56 bits per heavy atom. The summed E-state index contributed by atoms with van der Waals surface area (Å²) in [4.78, 5) is 19.1. The Labute approximate surface area is 201 Å². The van der Waals surface area contributed by atoms with E-state index in [4.69, 9.17) is 11.6 Å². The summed E-state index contributed by atoms with van der Waals surface area (Å²) in [5.74, 6) is -0.324. The summed E-state index contributed by atoms with van der Waals surface area (Å²) in [5, 5.41) is 1.73. The van der Waals surface area contributed by atoms with E-state index in [1.807, 2.05) is 71.6 Å². The second kappa shape index (κ2) is 8.15. The lowest BCUT2D eigenvalue weighted by atomic mass is 9.93. The molecule has 0 spiro atoms. The van der Waals surface area contributed by atoms with Crippen molar-refractivity contribution < 1.29 is 9.18 Å². The van der Waals surface area contributed by atoms with Crippen LogP contribution in [0.2, 0.25) is 5.02 Å². The van der Waals surface area contributed by atoms with Crippen molar-refractivity contribution >= 4 is 28.4 Å². The molecule has 1 N–H and O–H groups in total. The van der Waals surface area contributed by atoms with Gasteiger partial charge >= 0.3 is 0 Å². The van der Waals surface area contributed by atoms with Crippen LogP contribution in [0.25, 0.3) is 22.2 Å². The van der Waals surface area contributed by atoms with E-state index >= 15 is 0 Å². The van der Waals surface area contributed by atoms with Crippen molar-refractivity contribution in [1.29, 1.82) is 0 Å². The molecule has 1 amide bonds. The largest absolute Gasteiger partial charge is 0.354 e. The lowest BCUT2D eigenvalue weighted by Crippen LogP contribution is -2.28. The van der Waals surface area contributed by atoms with Crippen LogP contribution in [0.15, 0.2) is 97.1 Å². The number of rotatable bonds is 4. The van der Waals surface area contributed by atoms with E-state index in [-0.39, 0.29) is 17.8 Å². The maximum Gasteiger partial charge on any atom is 0.255 e. The van der Waals surface area contributed by atoms with Gasteiger partial charge in [0.1, 0.15) is 5.82 Å². The average Bonchev–Trinajstić information content (AvgIpc) is 3.36. The summed E-state index contributed by atoms with van der Waals surface area (Å²) in [6.45, 7) is 0.373. The van der Waals surface area contributed by atoms with Crippen molar-refractivity contribution in [3.05, 3.63) is 130 Å². The summed E-state index contributed by atoms with van der Waals surface area (Å²) in [7, 11) is 0. The Bertz CT molecular complexity index is 1520. The first kappa shape index (κ1) is 20.7. The molecule has 34 heavy (non-hydrogen) atoms. The second-order valence-corrected chi connectivity index (χ2v) is 8.95. The Morgan fingerprint density at radius 1 is 0.853 bits per heavy atom. The number of H-pyrrole nitrogens is 1. The van der Waals surface area contributed by atoms with Crippen LogP contribution in [0.1, 0.15) is 33.1 Å². The fourth-order valence-corrected chi connectivity index (χ4v) is 5.05. The first-order valence-corrected chi connectivity index (χ1v) is 11.5. The smallest absolute Gasteiger partial charge is 0.255 e. The van der Waals surface area contributed by atoms with Crippen molar-refractivity contribution in [2.45, 2.75) is 12.6 Å². The van der Waals surface area contributed by atoms with E-state index in [0.29, 0.717) is 17.1 Å². The van der Waals surface area contributed by atoms with Gasteiger partial charge < -0.3 is 9.88 Å². The first-order chi connectivity index (χ1) is 16.6. The zero-order chi connectivity index (χ0) is 23.2. The highest BCUT2D eigenvalue weighted by Gasteiger charge is 2.40. The maximum absolute atomic E-state index is 13.6. The van der Waals surface area contributed by atoms with Gasteiger partial charge in [0.25, 0.3) is 5.91 Å². The molecule has 1 aromatic heterocycles. The molecule has 0 bridgehead atoms. The molecule has 1 aliphatic rings. The molecule has 1 atom stereocenters. The van der Waals surface area contributed by atoms with Crippen LogP contribution in [0.5, 0.6) is 0 Å². The van der Waals surface area contributed by atoms with Gasteiger partial charge in [0.15, 0.2) is 0 Å². The highest BCUT2D eigenvalue weighted by molar-refractivity contribution is 6.30. The monoisotopic (exact) mass is 466 g/mol. The molecule has 6 rings (SSSR count). The Balaban J connectivity index is 1.58. The van der Waals surface area contributed by atoms with Crippen molar-refractivity contribution in [3.63, 3.8) is 0 Å². The Hall–Kier alpha value is -3.89. The van der Waals surface area contributed by atoms with E-state index in [1.165, 1.54) is 12.1 Å². The highest BCUT2D eigenvalue weighted by atomic mass is 35.5. The van der Waals surface area contributed by atoms with Gasteiger partial charge in [-0.3, -0.25) is 4.79 Å². The summed E-state index contributed by atoms with van der Waals surface area (Å²) >= 11 is 6.17. The summed E-state index contributed by atoms with van der Waals surface area (Å²) in [6.07, 6.45) is 0. The number of amides is 1. The first-order valence-electron chi connectivity index (χ1n) is 11.1. The number of para-hydroxylation sites is 1. The van der Waals surface area contributed by atoms with Gasteiger partial charge in [0, 0.05) is 33.6 Å². The lowest BCUT2D eigenvalue weighted by molar-refractivity contribution is 0.0737. The fraction of sp³-hybridized carbons (Fsp3) is 0.0690. The second-order valence-electron chi connectivity index (χ2n) is 8.52. The molecule has 0 aliphatic carbocycles. The predicted molar refractivity (Wildman–Crippen MR) is 133 cm³/mol. The minimum absolute atomic E-state index is 0.0303. The molecular weight excluding hydrogens is 447 g/mol. The Morgan fingerprint density at radius 3 is 2.35 bits per heavy atom. The molecule has 0 saturated heterocycles. The molecule has 1 aliphatic heterocycles. The van der Waals surface area contributed by atoms with Gasteiger partial charge in [-0.15, -0.1) is 0 Å². The maximum atomic E-state index is 13.6. The number of nitrogens with one attached hydrogen (secondary N) is 1. The summed E-state index contributed by atoms with van der Waals surface area (Å²) in [5.41, 5.74) is 6.53. The van der Waals surface area contributed by atoms with Gasteiger partial charge in [0.05, 0.1) is 11.7 Å². The Kier molecular flexibility index (Phi) is 4.96. The van der Waals surface area contributed by atoms with Gasteiger partial charge in [-0.25, -0.2) is 4.39 Å². The molecule has 3 nitrogen and oxygen atoms in total. The number of hydrogen-bond donors (Lipinski definition) is 1. The van der Waals surface area contributed by atoms with Crippen molar-refractivity contribution in [1.82, 2.24) is 9.88 Å². The number of nitrogens with zero attached hydrogens (tertiary/aromatic N) is 1. The van der Waals surface area contributed by atoms with Crippen molar-refractivity contribution in [3.8, 4) is 11.3 Å². The number of fused-ring (bicyclic) bond motifs is 2. The van der Waals surface area contributed by atoms with Crippen LogP contribution >= 0.6 is 11.6 Å². The number of carbonyl (C=O) groups excluding carboxylic acids is 1. The van der Waals surface area contributed by atoms with E-state index in [0.717, 1.165) is 38.9 Å². The minimum Gasteiger partial charge on any atom is -0.354 e. The minimum atomic E-state index is -0.296. The van der Waals surface area contributed by atoms with E-state index in [1.54, 1.807) is 12.1 Å². The summed E-state index contributed by atoms with van der Waals surface area (Å²) < 4.78 is 13.5. The van der Waals surface area contributed by atoms with Crippen LogP contribution in [-0.4, -0.2) is 15.8 Å². The van der Waals surface area contributed by atoms with Crippen LogP contribution in [0.3, 0.4) is 0 Å². The molecule has 0 saturated carbocycles. The normalized spacial score (nSPS) is 15.2. The van der Waals surface area contributed by atoms with E-state index in [2.05, 4.69) is 11.1 Å². The number of aromatic nitrogens is 1. The molecule has 4 aromatic carbocycles. The van der Waals surface area contributed by atoms with Gasteiger partial charge in [-0.1, -0.05) is 72.3 Å². The van der Waals surface area contributed by atoms with Crippen LogP contribution in [-0.2, 0) is 6.54 Å². The third-order valence-corrected chi connectivity index (χ3v) is 6.73. The molecule has 0 fully saturated rings. The molecule has 2 heterocycles. The zero-order valence-electron chi connectivity index (χ0n) is 18.1. The van der Waals surface area contributed by atoms with Gasteiger partial charge in [-0.2, -0.15) is 0 Å². The molecule has 166 valence electrons. The highest BCUT2D eigenvalue weighted by Crippen LogP contribution is 2.46. The van der Waals surface area contributed by atoms with E-state index in [9.17, 15) is 9.18 Å². The van der Waals surface area contributed by atoms with Crippen molar-refractivity contribution in [2.24, 2.45) is 0 Å². The van der Waals surface area contributed by atoms with Crippen molar-refractivity contribution in [2.75, 3.05) is 0 Å². The van der Waals surface area contributed by atoms with Crippen LogP contribution < -0.4 is 0 Å². The molecule has 0 unspecified atom stereocenters. The third-order valence-electron chi connectivity index (χ3n) is 6.48. The summed E-state index contributed by atoms with van der Waals surface area (Å²) in [6, 6.07) is 29.7. The number of hydrogen-bond acceptors (Lipinski definition) is 1. The SMILES string of the molecule is O=C1c2ccccc2[C@@H](c2c(-c3ccc(Cl)cc3)[nH]c3ccccc23)N1Cc1ccc(F)cc1.